The van der Waals surface area contributed by atoms with Crippen LogP contribution in [0.15, 0.2) is 58.6 Å². The third kappa shape index (κ3) is 5.57. The fourth-order valence-corrected chi connectivity index (χ4v) is 3.88. The van der Waals surface area contributed by atoms with Gasteiger partial charge >= 0.3 is 17.7 Å². The number of halogens is 2. The molecule has 2 aromatic carbocycles. The van der Waals surface area contributed by atoms with Crippen molar-refractivity contribution >= 4 is 52.9 Å². The highest BCUT2D eigenvalue weighted by Crippen LogP contribution is 2.37. The van der Waals surface area contributed by atoms with E-state index in [9.17, 15) is 24.5 Å². The van der Waals surface area contributed by atoms with E-state index in [0.29, 0.717) is 10.6 Å². The number of imide groups is 1. The number of nitro groups is 1. The van der Waals surface area contributed by atoms with Crippen LogP contribution in [0.5, 0.6) is 5.75 Å². The molecule has 0 saturated carbocycles. The lowest BCUT2D eigenvalue weighted by atomic mass is 10.1. The van der Waals surface area contributed by atoms with Crippen LogP contribution in [0.4, 0.5) is 10.5 Å². The number of nitrogens with one attached hydrogen (secondary N) is 1. The largest absolute Gasteiger partial charge is 0.481 e. The molecule has 0 atom stereocenters. The fourth-order valence-electron chi connectivity index (χ4n) is 3.47. The van der Waals surface area contributed by atoms with Gasteiger partial charge in [0.2, 0.25) is 11.5 Å². The molecule has 4 rings (SSSR count). The average Bonchev–Trinajstić information content (AvgIpc) is 3.44. The standard InChI is InChI=1S/C24H17Cl2N3O8/c1-35-23(31)20-7-6-16(37-20)11-28-22(30)18(27-24(28)32)9-14-8-15(25)10-19(29(33)34)21(14)36-12-13-4-2-3-5-17(13)26/h2-10H,11-12H2,1H3,(H,27,32)/b18-9-. The van der Waals surface area contributed by atoms with Crippen LogP contribution in [0.3, 0.4) is 0 Å². The lowest BCUT2D eigenvalue weighted by Gasteiger charge is -2.12. The first-order valence-corrected chi connectivity index (χ1v) is 11.3. The summed E-state index contributed by atoms with van der Waals surface area (Å²) in [5, 5.41) is 14.6. The zero-order valence-corrected chi connectivity index (χ0v) is 20.5. The topological polar surface area (TPSA) is 141 Å². The van der Waals surface area contributed by atoms with E-state index < -0.39 is 28.5 Å². The van der Waals surface area contributed by atoms with E-state index in [1.165, 1.54) is 31.4 Å². The first kappa shape index (κ1) is 25.7. The van der Waals surface area contributed by atoms with Crippen LogP contribution in [0.1, 0.15) is 27.4 Å². The van der Waals surface area contributed by atoms with Gasteiger partial charge in [-0.1, -0.05) is 41.4 Å². The number of methoxy groups -OCH3 is 1. The normalized spacial score (nSPS) is 14.1. The van der Waals surface area contributed by atoms with Crippen LogP contribution in [0.2, 0.25) is 10.0 Å². The molecule has 0 spiro atoms. The molecule has 3 aromatic rings. The van der Waals surface area contributed by atoms with Gasteiger partial charge in [-0.05, 0) is 30.3 Å². The zero-order valence-electron chi connectivity index (χ0n) is 19.0. The average molecular weight is 546 g/mol. The van der Waals surface area contributed by atoms with E-state index >= 15 is 0 Å². The molecule has 1 fully saturated rings. The molecule has 1 aromatic heterocycles. The molecule has 1 saturated heterocycles. The van der Waals surface area contributed by atoms with Crippen molar-refractivity contribution in [1.82, 2.24) is 10.2 Å². The maximum atomic E-state index is 13.0. The maximum Gasteiger partial charge on any atom is 0.373 e. The van der Waals surface area contributed by atoms with Gasteiger partial charge in [0.15, 0.2) is 0 Å². The molecule has 1 N–H and O–H groups in total. The Balaban J connectivity index is 1.64. The minimum atomic E-state index is -0.762. The number of benzene rings is 2. The molecular formula is C24H17Cl2N3O8. The first-order valence-electron chi connectivity index (χ1n) is 10.5. The third-order valence-electron chi connectivity index (χ3n) is 5.21. The molecular weight excluding hydrogens is 529 g/mol. The molecule has 0 bridgehead atoms. The number of hydrogen-bond acceptors (Lipinski definition) is 8. The van der Waals surface area contributed by atoms with Crippen molar-refractivity contribution < 1.29 is 33.2 Å². The van der Waals surface area contributed by atoms with Crippen molar-refractivity contribution in [3.05, 3.63) is 97.0 Å². The molecule has 37 heavy (non-hydrogen) atoms. The molecule has 3 amide bonds. The Bertz CT molecular complexity index is 1450. The smallest absolute Gasteiger partial charge is 0.373 e. The number of hydrogen-bond donors (Lipinski definition) is 1. The Kier molecular flexibility index (Phi) is 7.46. The lowest BCUT2D eigenvalue weighted by Crippen LogP contribution is -2.30. The van der Waals surface area contributed by atoms with Gasteiger partial charge in [0, 0.05) is 27.2 Å². The summed E-state index contributed by atoms with van der Waals surface area (Å²) in [6.07, 6.45) is 1.23. The molecule has 11 nitrogen and oxygen atoms in total. The van der Waals surface area contributed by atoms with E-state index in [0.717, 1.165) is 11.0 Å². The Hall–Kier alpha value is -4.35. The van der Waals surface area contributed by atoms with E-state index in [-0.39, 0.29) is 46.7 Å². The maximum absolute atomic E-state index is 13.0. The molecule has 190 valence electrons. The van der Waals surface area contributed by atoms with Crippen molar-refractivity contribution in [2.75, 3.05) is 7.11 Å². The monoisotopic (exact) mass is 545 g/mol. The summed E-state index contributed by atoms with van der Waals surface area (Å²) in [6.45, 7) is -0.379. The van der Waals surface area contributed by atoms with Gasteiger partial charge in [0.1, 0.15) is 18.1 Å². The SMILES string of the molecule is COC(=O)c1ccc(CN2C(=O)N/C(=C\c3cc(Cl)cc([N+](=O)[O-])c3OCc3ccccc3Cl)C2=O)o1. The summed E-state index contributed by atoms with van der Waals surface area (Å²) in [5.41, 5.74) is 0.0470. The lowest BCUT2D eigenvalue weighted by molar-refractivity contribution is -0.385. The van der Waals surface area contributed by atoms with E-state index in [2.05, 4.69) is 10.1 Å². The van der Waals surface area contributed by atoms with Crippen molar-refractivity contribution in [3.8, 4) is 5.75 Å². The number of rotatable bonds is 8. The summed E-state index contributed by atoms with van der Waals surface area (Å²) < 4.78 is 15.6. The minimum Gasteiger partial charge on any atom is -0.481 e. The highest BCUT2D eigenvalue weighted by Gasteiger charge is 2.35. The molecule has 0 aliphatic carbocycles. The van der Waals surface area contributed by atoms with Crippen LogP contribution >= 0.6 is 23.2 Å². The molecule has 0 radical (unpaired) electrons. The highest BCUT2D eigenvalue weighted by atomic mass is 35.5. The molecule has 1 aliphatic rings. The molecule has 1 aliphatic heterocycles. The Morgan fingerprint density at radius 2 is 1.95 bits per heavy atom. The highest BCUT2D eigenvalue weighted by molar-refractivity contribution is 6.31. The Labute approximate surface area is 219 Å². The summed E-state index contributed by atoms with van der Waals surface area (Å²) in [5.74, 6) is -1.55. The Morgan fingerprint density at radius 3 is 2.65 bits per heavy atom. The van der Waals surface area contributed by atoms with E-state index in [1.54, 1.807) is 24.3 Å². The molecule has 0 unspecified atom stereocenters. The van der Waals surface area contributed by atoms with E-state index in [4.69, 9.17) is 32.4 Å². The number of carbonyl (C=O) groups excluding carboxylic acids is 3. The van der Waals surface area contributed by atoms with Gasteiger partial charge in [-0.3, -0.25) is 19.8 Å². The second kappa shape index (κ2) is 10.7. The van der Waals surface area contributed by atoms with Crippen LogP contribution in [0, 0.1) is 10.1 Å². The summed E-state index contributed by atoms with van der Waals surface area (Å²) in [4.78, 5) is 48.9. The van der Waals surface area contributed by atoms with Crippen LogP contribution < -0.4 is 10.1 Å². The third-order valence-corrected chi connectivity index (χ3v) is 5.80. The van der Waals surface area contributed by atoms with Crippen molar-refractivity contribution in [2.24, 2.45) is 0 Å². The minimum absolute atomic E-state index is 0.0168. The second-order valence-corrected chi connectivity index (χ2v) is 8.46. The van der Waals surface area contributed by atoms with Crippen molar-refractivity contribution in [2.45, 2.75) is 13.2 Å². The van der Waals surface area contributed by atoms with Gasteiger partial charge < -0.3 is 19.2 Å². The van der Waals surface area contributed by atoms with Gasteiger partial charge in [-0.25, -0.2) is 9.59 Å². The van der Waals surface area contributed by atoms with Crippen LogP contribution in [-0.4, -0.2) is 34.8 Å². The Morgan fingerprint density at radius 1 is 1.19 bits per heavy atom. The molecule has 2 heterocycles. The van der Waals surface area contributed by atoms with Gasteiger partial charge in [-0.2, -0.15) is 0 Å². The van der Waals surface area contributed by atoms with Gasteiger partial charge in [0.25, 0.3) is 5.91 Å². The van der Waals surface area contributed by atoms with Crippen molar-refractivity contribution in [3.63, 3.8) is 0 Å². The number of ether oxygens (including phenoxy) is 2. The predicted octanol–water partition coefficient (Wildman–Crippen LogP) is 4.95. The quantitative estimate of drug-likeness (QED) is 0.138. The fraction of sp³-hybridized carbons (Fsp3) is 0.125. The summed E-state index contributed by atoms with van der Waals surface area (Å²) in [7, 11) is 1.19. The van der Waals surface area contributed by atoms with Gasteiger partial charge in [-0.15, -0.1) is 0 Å². The van der Waals surface area contributed by atoms with E-state index in [1.807, 2.05) is 0 Å². The number of nitro benzene ring substituents is 1. The van der Waals surface area contributed by atoms with Crippen LogP contribution in [-0.2, 0) is 22.7 Å². The van der Waals surface area contributed by atoms with Gasteiger partial charge in [0.05, 0.1) is 18.6 Å². The molecule has 13 heteroatoms. The van der Waals surface area contributed by atoms with Crippen LogP contribution in [0.25, 0.3) is 6.08 Å². The second-order valence-electron chi connectivity index (χ2n) is 7.62. The number of furan rings is 1. The summed E-state index contributed by atoms with van der Waals surface area (Å²) >= 11 is 12.3. The zero-order chi connectivity index (χ0) is 26.7. The number of carbonyl (C=O) groups is 3. The number of urea groups is 1. The first-order chi connectivity index (χ1) is 17.7. The van der Waals surface area contributed by atoms with Crippen molar-refractivity contribution in [1.29, 1.82) is 0 Å². The predicted molar refractivity (Wildman–Crippen MR) is 131 cm³/mol. The number of esters is 1. The number of nitrogens with zero attached hydrogens (tertiary/aromatic N) is 2. The summed E-state index contributed by atoms with van der Waals surface area (Å²) in [6, 6.07) is 11.3. The number of amides is 3.